The van der Waals surface area contributed by atoms with Gasteiger partial charge in [-0.2, -0.15) is 0 Å². The van der Waals surface area contributed by atoms with E-state index in [4.69, 9.17) is 0 Å². The number of hydrogen-bond acceptors (Lipinski definition) is 1. The van der Waals surface area contributed by atoms with E-state index in [1.54, 1.807) is 0 Å². The summed E-state index contributed by atoms with van der Waals surface area (Å²) in [5, 5.41) is 10.2. The molecule has 0 bridgehead atoms. The minimum atomic E-state index is -0.127. The average molecular weight is 206 g/mol. The molecular weight excluding hydrogens is 184 g/mol. The SMILES string of the molecule is CC[C@@H]1C2C(=C[C@H](C)C[C@@H]2O)C=C[C@@H]1C. The van der Waals surface area contributed by atoms with E-state index in [1.807, 2.05) is 0 Å². The van der Waals surface area contributed by atoms with Crippen molar-refractivity contribution in [3.05, 3.63) is 23.8 Å². The van der Waals surface area contributed by atoms with E-state index in [0.717, 1.165) is 6.42 Å². The molecule has 0 spiro atoms. The Labute approximate surface area is 92.9 Å². The van der Waals surface area contributed by atoms with Crippen molar-refractivity contribution in [3.63, 3.8) is 0 Å². The molecule has 2 aliphatic carbocycles. The van der Waals surface area contributed by atoms with Gasteiger partial charge in [0.1, 0.15) is 0 Å². The summed E-state index contributed by atoms with van der Waals surface area (Å²) in [5.41, 5.74) is 1.38. The predicted molar refractivity (Wildman–Crippen MR) is 63.4 cm³/mol. The van der Waals surface area contributed by atoms with Gasteiger partial charge in [-0.3, -0.25) is 0 Å². The lowest BCUT2D eigenvalue weighted by Crippen LogP contribution is -2.37. The normalized spacial score (nSPS) is 44.8. The molecule has 0 radical (unpaired) electrons. The first-order chi connectivity index (χ1) is 7.13. The van der Waals surface area contributed by atoms with Crippen LogP contribution in [0.1, 0.15) is 33.6 Å². The molecule has 1 nitrogen and oxygen atoms in total. The fourth-order valence-corrected chi connectivity index (χ4v) is 3.31. The molecular formula is C14H22O. The van der Waals surface area contributed by atoms with Crippen LogP contribution in [0.4, 0.5) is 0 Å². The molecule has 0 aromatic rings. The fourth-order valence-electron chi connectivity index (χ4n) is 3.31. The number of allylic oxidation sites excluding steroid dienone is 3. The summed E-state index contributed by atoms with van der Waals surface area (Å²) in [6, 6.07) is 0. The van der Waals surface area contributed by atoms with Crippen LogP contribution >= 0.6 is 0 Å². The van der Waals surface area contributed by atoms with Gasteiger partial charge in [0.05, 0.1) is 6.10 Å². The second kappa shape index (κ2) is 4.13. The van der Waals surface area contributed by atoms with Crippen LogP contribution < -0.4 is 0 Å². The van der Waals surface area contributed by atoms with Gasteiger partial charge in [0, 0.05) is 5.92 Å². The molecule has 0 heterocycles. The van der Waals surface area contributed by atoms with Gasteiger partial charge in [0.25, 0.3) is 0 Å². The first kappa shape index (κ1) is 10.9. The molecule has 0 aromatic carbocycles. The van der Waals surface area contributed by atoms with Crippen LogP contribution in [0.2, 0.25) is 0 Å². The second-order valence-corrected chi connectivity index (χ2v) is 5.26. The Bertz CT molecular complexity index is 290. The molecule has 1 unspecified atom stereocenters. The lowest BCUT2D eigenvalue weighted by atomic mass is 9.66. The van der Waals surface area contributed by atoms with E-state index < -0.39 is 0 Å². The fraction of sp³-hybridized carbons (Fsp3) is 0.714. The van der Waals surface area contributed by atoms with Crippen molar-refractivity contribution >= 4 is 0 Å². The van der Waals surface area contributed by atoms with Gasteiger partial charge < -0.3 is 5.11 Å². The van der Waals surface area contributed by atoms with Crippen molar-refractivity contribution in [1.82, 2.24) is 0 Å². The zero-order valence-electron chi connectivity index (χ0n) is 9.98. The van der Waals surface area contributed by atoms with Crippen molar-refractivity contribution in [2.75, 3.05) is 0 Å². The van der Waals surface area contributed by atoms with Gasteiger partial charge in [0.15, 0.2) is 0 Å². The van der Waals surface area contributed by atoms with Crippen molar-refractivity contribution in [3.8, 4) is 0 Å². The summed E-state index contributed by atoms with van der Waals surface area (Å²) in [6.45, 7) is 6.70. The summed E-state index contributed by atoms with van der Waals surface area (Å²) in [4.78, 5) is 0. The quantitative estimate of drug-likeness (QED) is 0.698. The molecule has 1 heteroatoms. The predicted octanol–water partition coefficient (Wildman–Crippen LogP) is 3.16. The summed E-state index contributed by atoms with van der Waals surface area (Å²) in [7, 11) is 0. The molecule has 0 aromatic heterocycles. The summed E-state index contributed by atoms with van der Waals surface area (Å²) in [5.74, 6) is 2.16. The van der Waals surface area contributed by atoms with Gasteiger partial charge in [-0.05, 0) is 29.7 Å². The standard InChI is InChI=1S/C14H22O/c1-4-12-10(3)5-6-11-7-9(2)8-13(15)14(11)12/h5-7,9-10,12-15H,4,8H2,1-3H3/t9-,10-,12-,13-,14?/m0/s1. The maximum absolute atomic E-state index is 10.2. The molecule has 84 valence electrons. The summed E-state index contributed by atoms with van der Waals surface area (Å²) >= 11 is 0. The Morgan fingerprint density at radius 1 is 1.40 bits per heavy atom. The van der Waals surface area contributed by atoms with Gasteiger partial charge in [-0.25, -0.2) is 0 Å². The topological polar surface area (TPSA) is 20.2 Å². The number of aliphatic hydroxyl groups is 1. The lowest BCUT2D eigenvalue weighted by molar-refractivity contribution is 0.0550. The lowest BCUT2D eigenvalue weighted by Gasteiger charge is -2.41. The summed E-state index contributed by atoms with van der Waals surface area (Å²) in [6.07, 6.45) is 8.87. The monoisotopic (exact) mass is 206 g/mol. The van der Waals surface area contributed by atoms with Crippen LogP contribution in [0.5, 0.6) is 0 Å². The maximum atomic E-state index is 10.2. The smallest absolute Gasteiger partial charge is 0.0617 e. The van der Waals surface area contributed by atoms with Gasteiger partial charge in [-0.15, -0.1) is 0 Å². The zero-order chi connectivity index (χ0) is 11.0. The Balaban J connectivity index is 2.33. The Morgan fingerprint density at radius 3 is 2.80 bits per heavy atom. The molecule has 0 saturated heterocycles. The molecule has 2 aliphatic rings. The number of fused-ring (bicyclic) bond motifs is 1. The third kappa shape index (κ3) is 1.90. The van der Waals surface area contributed by atoms with Crippen LogP contribution in [0.25, 0.3) is 0 Å². The van der Waals surface area contributed by atoms with E-state index in [2.05, 4.69) is 39.0 Å². The van der Waals surface area contributed by atoms with Gasteiger partial charge >= 0.3 is 0 Å². The Morgan fingerprint density at radius 2 is 2.13 bits per heavy atom. The first-order valence-electron chi connectivity index (χ1n) is 6.21. The van der Waals surface area contributed by atoms with Crippen molar-refractivity contribution in [2.45, 2.75) is 39.7 Å². The first-order valence-corrected chi connectivity index (χ1v) is 6.21. The van der Waals surface area contributed by atoms with Crippen LogP contribution in [0.3, 0.4) is 0 Å². The zero-order valence-corrected chi connectivity index (χ0v) is 9.98. The molecule has 2 rings (SSSR count). The number of aliphatic hydroxyl groups excluding tert-OH is 1. The number of hydrogen-bond donors (Lipinski definition) is 1. The number of rotatable bonds is 1. The van der Waals surface area contributed by atoms with Crippen LogP contribution in [0.15, 0.2) is 23.8 Å². The highest BCUT2D eigenvalue weighted by Crippen LogP contribution is 2.42. The van der Waals surface area contributed by atoms with Crippen molar-refractivity contribution in [1.29, 1.82) is 0 Å². The maximum Gasteiger partial charge on any atom is 0.0617 e. The van der Waals surface area contributed by atoms with E-state index in [1.165, 1.54) is 12.0 Å². The highest BCUT2D eigenvalue weighted by Gasteiger charge is 2.37. The van der Waals surface area contributed by atoms with Crippen LogP contribution in [-0.2, 0) is 0 Å². The van der Waals surface area contributed by atoms with Crippen molar-refractivity contribution < 1.29 is 5.11 Å². The minimum absolute atomic E-state index is 0.127. The van der Waals surface area contributed by atoms with Gasteiger partial charge in [0.2, 0.25) is 0 Å². The second-order valence-electron chi connectivity index (χ2n) is 5.26. The van der Waals surface area contributed by atoms with Crippen LogP contribution in [-0.4, -0.2) is 11.2 Å². The average Bonchev–Trinajstić information content (AvgIpc) is 2.18. The molecule has 0 fully saturated rings. The third-order valence-electron chi connectivity index (χ3n) is 4.09. The van der Waals surface area contributed by atoms with Crippen molar-refractivity contribution in [2.24, 2.45) is 23.7 Å². The Hall–Kier alpha value is -0.560. The largest absolute Gasteiger partial charge is 0.392 e. The summed E-state index contributed by atoms with van der Waals surface area (Å²) < 4.78 is 0. The highest BCUT2D eigenvalue weighted by atomic mass is 16.3. The van der Waals surface area contributed by atoms with E-state index >= 15 is 0 Å². The molecule has 0 aliphatic heterocycles. The van der Waals surface area contributed by atoms with E-state index in [0.29, 0.717) is 23.7 Å². The minimum Gasteiger partial charge on any atom is -0.392 e. The highest BCUT2D eigenvalue weighted by molar-refractivity contribution is 5.31. The third-order valence-corrected chi connectivity index (χ3v) is 4.09. The molecule has 15 heavy (non-hydrogen) atoms. The molecule has 1 N–H and O–H groups in total. The van der Waals surface area contributed by atoms with Gasteiger partial charge in [-0.1, -0.05) is 45.4 Å². The van der Waals surface area contributed by atoms with E-state index in [9.17, 15) is 5.11 Å². The van der Waals surface area contributed by atoms with E-state index in [-0.39, 0.29) is 6.10 Å². The molecule has 0 amide bonds. The van der Waals surface area contributed by atoms with Crippen LogP contribution in [0, 0.1) is 23.7 Å². The molecule has 0 saturated carbocycles. The molecule has 5 atom stereocenters. The Kier molecular flexibility index (Phi) is 3.01.